The lowest BCUT2D eigenvalue weighted by molar-refractivity contribution is -0.387. The summed E-state index contributed by atoms with van der Waals surface area (Å²) < 4.78 is 24.8. The van der Waals surface area contributed by atoms with E-state index in [0.29, 0.717) is 0 Å². The molecule has 1 heterocycles. The molecule has 1 rings (SSSR count). The van der Waals surface area contributed by atoms with Crippen LogP contribution in [0.2, 0.25) is 0 Å². The van der Waals surface area contributed by atoms with Crippen molar-refractivity contribution in [3.8, 4) is 0 Å². The molecule has 0 N–H and O–H groups in total. The number of halogens is 2. The van der Waals surface area contributed by atoms with Crippen LogP contribution in [0.25, 0.3) is 0 Å². The maximum absolute atomic E-state index is 12.4. The number of nitro groups is 1. The zero-order valence-corrected chi connectivity index (χ0v) is 7.61. The molecule has 0 saturated carbocycles. The molecule has 0 radical (unpaired) electrons. The van der Waals surface area contributed by atoms with E-state index in [9.17, 15) is 23.7 Å². The van der Waals surface area contributed by atoms with Crippen LogP contribution in [0.5, 0.6) is 0 Å². The molecule has 1 aromatic heterocycles. The number of aldehydes is 1. The Labute approximate surface area is 82.9 Å². The second-order valence-corrected chi connectivity index (χ2v) is 2.77. The third-order valence-electron chi connectivity index (χ3n) is 1.74. The third kappa shape index (κ3) is 2.12. The maximum atomic E-state index is 12.4. The van der Waals surface area contributed by atoms with Crippen LogP contribution in [0.3, 0.4) is 0 Å². The molecule has 0 aliphatic heterocycles. The average molecular weight is 216 g/mol. The fraction of sp³-hybridized carbons (Fsp3) is 0.250. The predicted octanol–water partition coefficient (Wildman–Crippen LogP) is 2.05. The van der Waals surface area contributed by atoms with Gasteiger partial charge in [-0.2, -0.15) is 0 Å². The number of nitrogens with zero attached hydrogens (tertiary/aromatic N) is 2. The smallest absolute Gasteiger partial charge is 0.296 e. The monoisotopic (exact) mass is 216 g/mol. The van der Waals surface area contributed by atoms with Gasteiger partial charge < -0.3 is 0 Å². The number of rotatable bonds is 3. The summed E-state index contributed by atoms with van der Waals surface area (Å²) >= 11 is 0. The zero-order valence-electron chi connectivity index (χ0n) is 7.61. The molecule has 0 spiro atoms. The van der Waals surface area contributed by atoms with Crippen LogP contribution in [0.1, 0.15) is 28.2 Å². The largest absolute Gasteiger partial charge is 0.299 e. The van der Waals surface area contributed by atoms with Crippen molar-refractivity contribution >= 4 is 12.0 Å². The first kappa shape index (κ1) is 11.2. The Morgan fingerprint density at radius 3 is 2.60 bits per heavy atom. The van der Waals surface area contributed by atoms with Gasteiger partial charge in [0.15, 0.2) is 12.0 Å². The normalized spacial score (nSPS) is 10.4. The molecule has 80 valence electrons. The van der Waals surface area contributed by atoms with Gasteiger partial charge in [0.25, 0.3) is 12.1 Å². The molecule has 0 aliphatic carbocycles. The molecule has 0 aliphatic rings. The molecule has 0 aromatic carbocycles. The van der Waals surface area contributed by atoms with Crippen LogP contribution in [0.15, 0.2) is 6.07 Å². The number of aromatic nitrogens is 1. The molecule has 7 heteroatoms. The predicted molar refractivity (Wildman–Crippen MR) is 46.0 cm³/mol. The van der Waals surface area contributed by atoms with Crippen molar-refractivity contribution in [2.45, 2.75) is 13.3 Å². The van der Waals surface area contributed by atoms with Crippen LogP contribution in [-0.4, -0.2) is 16.2 Å². The van der Waals surface area contributed by atoms with Gasteiger partial charge in [0.2, 0.25) is 0 Å². The number of aryl methyl sites for hydroxylation is 1. The van der Waals surface area contributed by atoms with Crippen molar-refractivity contribution in [2.24, 2.45) is 0 Å². The molecule has 15 heavy (non-hydrogen) atoms. The summed E-state index contributed by atoms with van der Waals surface area (Å²) in [7, 11) is 0. The summed E-state index contributed by atoms with van der Waals surface area (Å²) in [6, 6.07) is 1.09. The average Bonchev–Trinajstić information content (AvgIpc) is 2.15. The van der Waals surface area contributed by atoms with E-state index < -0.39 is 22.7 Å². The van der Waals surface area contributed by atoms with Gasteiger partial charge in [-0.25, -0.2) is 13.8 Å². The van der Waals surface area contributed by atoms with E-state index in [2.05, 4.69) is 4.98 Å². The molecule has 0 fully saturated rings. The second-order valence-electron chi connectivity index (χ2n) is 2.77. The molecule has 0 bridgehead atoms. The van der Waals surface area contributed by atoms with E-state index in [4.69, 9.17) is 0 Å². The van der Waals surface area contributed by atoms with Crippen LogP contribution in [0, 0.1) is 17.0 Å². The first-order valence-corrected chi connectivity index (χ1v) is 3.86. The van der Waals surface area contributed by atoms with Crippen molar-refractivity contribution < 1.29 is 18.5 Å². The minimum Gasteiger partial charge on any atom is -0.296 e. The lowest BCUT2D eigenvalue weighted by atomic mass is 10.1. The summed E-state index contributed by atoms with van der Waals surface area (Å²) in [5, 5.41) is 10.5. The number of pyridine rings is 1. The summed E-state index contributed by atoms with van der Waals surface area (Å²) in [6.45, 7) is 1.28. The van der Waals surface area contributed by atoms with E-state index in [1.54, 1.807) is 0 Å². The van der Waals surface area contributed by atoms with E-state index >= 15 is 0 Å². The molecule has 0 amide bonds. The summed E-state index contributed by atoms with van der Waals surface area (Å²) in [5.74, 6) is 0. The zero-order chi connectivity index (χ0) is 11.6. The lowest BCUT2D eigenvalue weighted by Crippen LogP contribution is -2.04. The van der Waals surface area contributed by atoms with E-state index in [1.807, 2.05) is 0 Å². The Hall–Kier alpha value is -1.92. The standard InChI is InChI=1S/C8H6F2N2O3/c1-4-2-5(3-13)11-6(8(9)10)7(4)12(14)15/h2-3,8H,1H3. The Balaban J connectivity index is 3.49. The molecule has 0 atom stereocenters. The van der Waals surface area contributed by atoms with Crippen molar-refractivity contribution in [1.29, 1.82) is 0 Å². The van der Waals surface area contributed by atoms with Crippen LogP contribution < -0.4 is 0 Å². The first-order chi connectivity index (χ1) is 6.97. The van der Waals surface area contributed by atoms with Crippen molar-refractivity contribution in [3.63, 3.8) is 0 Å². The molecular formula is C8H6F2N2O3. The van der Waals surface area contributed by atoms with Gasteiger partial charge >= 0.3 is 0 Å². The molecule has 1 aromatic rings. The molecule has 0 saturated heterocycles. The highest BCUT2D eigenvalue weighted by Gasteiger charge is 2.26. The highest BCUT2D eigenvalue weighted by atomic mass is 19.3. The van der Waals surface area contributed by atoms with Gasteiger partial charge in [-0.05, 0) is 13.0 Å². The van der Waals surface area contributed by atoms with Gasteiger partial charge in [0.1, 0.15) is 5.69 Å². The summed E-state index contributed by atoms with van der Waals surface area (Å²) in [5.41, 5.74) is -1.96. The van der Waals surface area contributed by atoms with Gasteiger partial charge in [0.05, 0.1) is 4.92 Å². The van der Waals surface area contributed by atoms with Crippen LogP contribution in [0.4, 0.5) is 14.5 Å². The Morgan fingerprint density at radius 2 is 2.20 bits per heavy atom. The minimum absolute atomic E-state index is 0.00704. The number of hydrogen-bond donors (Lipinski definition) is 0. The van der Waals surface area contributed by atoms with E-state index in [1.165, 1.54) is 6.92 Å². The van der Waals surface area contributed by atoms with Gasteiger partial charge in [-0.1, -0.05) is 0 Å². The maximum Gasteiger partial charge on any atom is 0.299 e. The number of hydrogen-bond acceptors (Lipinski definition) is 4. The first-order valence-electron chi connectivity index (χ1n) is 3.86. The SMILES string of the molecule is Cc1cc(C=O)nc(C(F)F)c1[N+](=O)[O-]. The fourth-order valence-corrected chi connectivity index (χ4v) is 1.17. The lowest BCUT2D eigenvalue weighted by Gasteiger charge is -2.04. The fourth-order valence-electron chi connectivity index (χ4n) is 1.17. The highest BCUT2D eigenvalue weighted by Crippen LogP contribution is 2.29. The second kappa shape index (κ2) is 4.07. The number of carbonyl (C=O) groups is 1. The molecular weight excluding hydrogens is 210 g/mol. The summed E-state index contributed by atoms with van der Waals surface area (Å²) in [6.07, 6.45) is -2.81. The van der Waals surface area contributed by atoms with E-state index in [-0.39, 0.29) is 17.5 Å². The minimum atomic E-state index is -3.08. The third-order valence-corrected chi connectivity index (χ3v) is 1.74. The Bertz CT molecular complexity index is 421. The Morgan fingerprint density at radius 1 is 1.60 bits per heavy atom. The van der Waals surface area contributed by atoms with Gasteiger partial charge in [-0.15, -0.1) is 0 Å². The topological polar surface area (TPSA) is 73.1 Å². The molecule has 0 unspecified atom stereocenters. The van der Waals surface area contributed by atoms with Crippen molar-refractivity contribution in [2.75, 3.05) is 0 Å². The van der Waals surface area contributed by atoms with E-state index in [0.717, 1.165) is 6.07 Å². The van der Waals surface area contributed by atoms with Crippen LogP contribution >= 0.6 is 0 Å². The molecule has 5 nitrogen and oxygen atoms in total. The number of carbonyl (C=O) groups excluding carboxylic acids is 1. The highest BCUT2D eigenvalue weighted by molar-refractivity contribution is 5.73. The van der Waals surface area contributed by atoms with Gasteiger partial charge in [0, 0.05) is 5.56 Å². The van der Waals surface area contributed by atoms with Gasteiger partial charge in [-0.3, -0.25) is 14.9 Å². The van der Waals surface area contributed by atoms with Crippen LogP contribution in [-0.2, 0) is 0 Å². The quantitative estimate of drug-likeness (QED) is 0.440. The van der Waals surface area contributed by atoms with Crippen molar-refractivity contribution in [3.05, 3.63) is 33.1 Å². The van der Waals surface area contributed by atoms with Crippen molar-refractivity contribution in [1.82, 2.24) is 4.98 Å². The summed E-state index contributed by atoms with van der Waals surface area (Å²) in [4.78, 5) is 23.1. The number of alkyl halides is 2. The Kier molecular flexibility index (Phi) is 3.03.